The molecule has 0 spiro atoms. The molecule has 104 valence electrons. The van der Waals surface area contributed by atoms with Crippen LogP contribution in [0.1, 0.15) is 55.2 Å². The second-order valence-corrected chi connectivity index (χ2v) is 6.53. The number of fused-ring (bicyclic) bond motifs is 1. The lowest BCUT2D eigenvalue weighted by molar-refractivity contribution is 0.402. The Morgan fingerprint density at radius 3 is 2.68 bits per heavy atom. The molecule has 1 heteroatoms. The number of nitrogens with one attached hydrogen (secondary N) is 1. The first-order valence-electron chi connectivity index (χ1n) is 8.13. The minimum Gasteiger partial charge on any atom is -0.317 e. The van der Waals surface area contributed by atoms with Gasteiger partial charge in [0.05, 0.1) is 0 Å². The molecule has 1 saturated carbocycles. The van der Waals surface area contributed by atoms with Crippen LogP contribution in [0, 0.1) is 5.92 Å². The molecule has 1 nitrogen and oxygen atoms in total. The predicted molar refractivity (Wildman–Crippen MR) is 81.6 cm³/mol. The molecule has 0 saturated heterocycles. The van der Waals surface area contributed by atoms with Gasteiger partial charge in [0.1, 0.15) is 0 Å². The minimum absolute atomic E-state index is 0.669. The Balaban J connectivity index is 1.61. The van der Waals surface area contributed by atoms with Gasteiger partial charge in [0, 0.05) is 6.04 Å². The maximum Gasteiger partial charge on any atom is 0.0107 e. The summed E-state index contributed by atoms with van der Waals surface area (Å²) in [6.07, 6.45) is 12.4. The van der Waals surface area contributed by atoms with Gasteiger partial charge in [-0.1, -0.05) is 43.9 Å². The number of hydrogen-bond donors (Lipinski definition) is 1. The molecule has 1 N–H and O–H groups in total. The van der Waals surface area contributed by atoms with Crippen LogP contribution < -0.4 is 5.32 Å². The van der Waals surface area contributed by atoms with E-state index in [0.717, 1.165) is 5.92 Å². The van der Waals surface area contributed by atoms with E-state index in [9.17, 15) is 0 Å². The third-order valence-electron chi connectivity index (χ3n) is 5.15. The summed E-state index contributed by atoms with van der Waals surface area (Å²) in [6, 6.07) is 7.88. The molecule has 3 rings (SSSR count). The molecule has 1 aromatic carbocycles. The van der Waals surface area contributed by atoms with Crippen LogP contribution in [0.2, 0.25) is 0 Å². The summed E-state index contributed by atoms with van der Waals surface area (Å²) in [7, 11) is 2.13. The highest BCUT2D eigenvalue weighted by Crippen LogP contribution is 2.30. The molecule has 1 unspecified atom stereocenters. The Morgan fingerprint density at radius 2 is 1.89 bits per heavy atom. The molecule has 0 aliphatic heterocycles. The third kappa shape index (κ3) is 3.20. The van der Waals surface area contributed by atoms with Crippen LogP contribution in [0.25, 0.3) is 0 Å². The lowest BCUT2D eigenvalue weighted by atomic mass is 9.93. The molecule has 2 aliphatic carbocycles. The van der Waals surface area contributed by atoms with E-state index < -0.39 is 0 Å². The van der Waals surface area contributed by atoms with Crippen LogP contribution in [0.15, 0.2) is 18.2 Å². The van der Waals surface area contributed by atoms with Crippen molar-refractivity contribution in [3.8, 4) is 0 Å². The van der Waals surface area contributed by atoms with E-state index >= 15 is 0 Å². The first kappa shape index (κ1) is 13.2. The Labute approximate surface area is 117 Å². The van der Waals surface area contributed by atoms with Crippen LogP contribution in [-0.2, 0) is 19.3 Å². The summed E-state index contributed by atoms with van der Waals surface area (Å²) < 4.78 is 0. The lowest BCUT2D eigenvalue weighted by Gasteiger charge is -2.20. The van der Waals surface area contributed by atoms with Crippen molar-refractivity contribution in [1.29, 1.82) is 0 Å². The van der Waals surface area contributed by atoms with Gasteiger partial charge in [-0.2, -0.15) is 0 Å². The van der Waals surface area contributed by atoms with E-state index in [-0.39, 0.29) is 0 Å². The normalized spacial score (nSPS) is 20.7. The van der Waals surface area contributed by atoms with Crippen molar-refractivity contribution in [2.75, 3.05) is 7.05 Å². The molecule has 1 aromatic rings. The van der Waals surface area contributed by atoms with Crippen molar-refractivity contribution in [3.63, 3.8) is 0 Å². The van der Waals surface area contributed by atoms with E-state index in [1.54, 1.807) is 11.1 Å². The molecule has 0 heterocycles. The standard InChI is InChI=1S/C18H27N/c1-19-18(12-14-5-2-3-6-14)13-15-9-10-16-7-4-8-17(16)11-15/h9-11,14,18-19H,2-8,12-13H2,1H3. The first-order valence-corrected chi connectivity index (χ1v) is 8.13. The second kappa shape index (κ2) is 6.09. The van der Waals surface area contributed by atoms with Gasteiger partial charge < -0.3 is 5.32 Å². The topological polar surface area (TPSA) is 12.0 Å². The van der Waals surface area contributed by atoms with Gasteiger partial charge in [0.2, 0.25) is 0 Å². The Bertz CT molecular complexity index is 418. The van der Waals surface area contributed by atoms with E-state index in [1.807, 2.05) is 0 Å². The van der Waals surface area contributed by atoms with Crippen LogP contribution in [0.3, 0.4) is 0 Å². The zero-order chi connectivity index (χ0) is 13.1. The Kier molecular flexibility index (Phi) is 4.22. The average molecular weight is 257 g/mol. The molecule has 1 atom stereocenters. The smallest absolute Gasteiger partial charge is 0.0107 e. The van der Waals surface area contributed by atoms with Crippen LogP contribution in [0.5, 0.6) is 0 Å². The number of benzene rings is 1. The largest absolute Gasteiger partial charge is 0.317 e. The maximum absolute atomic E-state index is 3.55. The molecule has 0 radical (unpaired) electrons. The fourth-order valence-electron chi connectivity index (χ4n) is 3.99. The predicted octanol–water partition coefficient (Wildman–Crippen LogP) is 3.89. The van der Waals surface area contributed by atoms with Gasteiger partial charge in [-0.25, -0.2) is 0 Å². The highest BCUT2D eigenvalue weighted by molar-refractivity contribution is 5.35. The van der Waals surface area contributed by atoms with Crippen LogP contribution >= 0.6 is 0 Å². The van der Waals surface area contributed by atoms with Gasteiger partial charge in [-0.15, -0.1) is 0 Å². The highest BCUT2D eigenvalue weighted by Gasteiger charge is 2.20. The molecule has 0 amide bonds. The van der Waals surface area contributed by atoms with Gasteiger partial charge in [-0.05, 0) is 61.8 Å². The molecule has 2 aliphatic rings. The van der Waals surface area contributed by atoms with Gasteiger partial charge in [-0.3, -0.25) is 0 Å². The fraction of sp³-hybridized carbons (Fsp3) is 0.667. The van der Waals surface area contributed by atoms with Gasteiger partial charge >= 0.3 is 0 Å². The molecule has 19 heavy (non-hydrogen) atoms. The van der Waals surface area contributed by atoms with E-state index in [4.69, 9.17) is 0 Å². The Morgan fingerprint density at radius 1 is 1.11 bits per heavy atom. The third-order valence-corrected chi connectivity index (χ3v) is 5.15. The molecule has 0 aromatic heterocycles. The van der Waals surface area contributed by atoms with Crippen LogP contribution in [0.4, 0.5) is 0 Å². The van der Waals surface area contributed by atoms with Crippen molar-refractivity contribution >= 4 is 0 Å². The van der Waals surface area contributed by atoms with Crippen molar-refractivity contribution in [3.05, 3.63) is 34.9 Å². The fourth-order valence-corrected chi connectivity index (χ4v) is 3.99. The lowest BCUT2D eigenvalue weighted by Crippen LogP contribution is -2.29. The molecule has 1 fully saturated rings. The van der Waals surface area contributed by atoms with Crippen molar-refractivity contribution in [2.45, 2.75) is 63.8 Å². The SMILES string of the molecule is CNC(Cc1ccc2c(c1)CCC2)CC1CCCC1. The number of rotatable bonds is 5. The summed E-state index contributed by atoms with van der Waals surface area (Å²) in [5, 5.41) is 3.55. The van der Waals surface area contributed by atoms with Crippen molar-refractivity contribution < 1.29 is 0 Å². The van der Waals surface area contributed by atoms with E-state index in [1.165, 1.54) is 63.4 Å². The number of hydrogen-bond acceptors (Lipinski definition) is 1. The molecular formula is C18H27N. The van der Waals surface area contributed by atoms with Crippen molar-refractivity contribution in [1.82, 2.24) is 5.32 Å². The summed E-state index contributed by atoms with van der Waals surface area (Å²) >= 11 is 0. The van der Waals surface area contributed by atoms with Gasteiger partial charge in [0.25, 0.3) is 0 Å². The first-order chi connectivity index (χ1) is 9.35. The zero-order valence-corrected chi connectivity index (χ0v) is 12.3. The second-order valence-electron chi connectivity index (χ2n) is 6.53. The quantitative estimate of drug-likeness (QED) is 0.844. The summed E-state index contributed by atoms with van der Waals surface area (Å²) in [6.45, 7) is 0. The van der Waals surface area contributed by atoms with E-state index in [2.05, 4.69) is 30.6 Å². The average Bonchev–Trinajstić information content (AvgIpc) is 3.08. The Hall–Kier alpha value is -0.820. The molecule has 0 bridgehead atoms. The maximum atomic E-state index is 3.55. The minimum atomic E-state index is 0.669. The monoisotopic (exact) mass is 257 g/mol. The van der Waals surface area contributed by atoms with E-state index in [0.29, 0.717) is 6.04 Å². The molecular weight excluding hydrogens is 230 g/mol. The summed E-state index contributed by atoms with van der Waals surface area (Å²) in [4.78, 5) is 0. The summed E-state index contributed by atoms with van der Waals surface area (Å²) in [5.41, 5.74) is 4.76. The summed E-state index contributed by atoms with van der Waals surface area (Å²) in [5.74, 6) is 0.979. The van der Waals surface area contributed by atoms with Crippen molar-refractivity contribution in [2.24, 2.45) is 5.92 Å². The number of aryl methyl sites for hydroxylation is 2. The van der Waals surface area contributed by atoms with Gasteiger partial charge in [0.15, 0.2) is 0 Å². The number of likely N-dealkylation sites (N-methyl/N-ethyl adjacent to an activating group) is 1. The zero-order valence-electron chi connectivity index (χ0n) is 12.3. The highest BCUT2D eigenvalue weighted by atomic mass is 14.9. The van der Waals surface area contributed by atoms with Crippen LogP contribution in [-0.4, -0.2) is 13.1 Å².